The monoisotopic (exact) mass is 439 g/mol. The molecule has 31 heavy (non-hydrogen) atoms. The van der Waals surface area contributed by atoms with Crippen LogP contribution in [0, 0.1) is 0 Å². The van der Waals surface area contributed by atoms with Crippen LogP contribution in [-0.2, 0) is 22.7 Å². The smallest absolute Gasteiger partial charge is 0.255 e. The van der Waals surface area contributed by atoms with Gasteiger partial charge in [-0.05, 0) is 55.5 Å². The van der Waals surface area contributed by atoms with E-state index in [1.807, 2.05) is 24.4 Å². The number of piperidine rings is 2. The molecule has 0 radical (unpaired) electrons. The van der Waals surface area contributed by atoms with E-state index in [4.69, 9.17) is 0 Å². The third-order valence-electron chi connectivity index (χ3n) is 6.30. The Hall–Kier alpha value is -2.78. The van der Waals surface area contributed by atoms with Gasteiger partial charge in [0.25, 0.3) is 5.91 Å². The first kappa shape index (κ1) is 20.1. The summed E-state index contributed by atoms with van der Waals surface area (Å²) >= 11 is 1.72. The van der Waals surface area contributed by atoms with Crippen molar-refractivity contribution in [2.75, 3.05) is 18.4 Å². The van der Waals surface area contributed by atoms with Crippen LogP contribution in [0.3, 0.4) is 0 Å². The number of nitrogens with zero attached hydrogens (tertiary/aromatic N) is 2. The summed E-state index contributed by atoms with van der Waals surface area (Å²) in [7, 11) is 0. The average Bonchev–Trinajstić information content (AvgIpc) is 3.38. The second-order valence-electron chi connectivity index (χ2n) is 8.34. The van der Waals surface area contributed by atoms with Gasteiger partial charge in [0, 0.05) is 36.1 Å². The summed E-state index contributed by atoms with van der Waals surface area (Å²) in [5.74, 6) is -0.203. The van der Waals surface area contributed by atoms with E-state index in [-0.39, 0.29) is 24.1 Å². The van der Waals surface area contributed by atoms with E-state index >= 15 is 0 Å². The topological polar surface area (TPSA) is 103 Å². The lowest BCUT2D eigenvalue weighted by atomic mass is 9.97. The quantitative estimate of drug-likeness (QED) is 0.616. The zero-order chi connectivity index (χ0) is 21.4. The summed E-state index contributed by atoms with van der Waals surface area (Å²) in [5.41, 5.74) is 2.62. The summed E-state index contributed by atoms with van der Waals surface area (Å²) in [5, 5.41) is 10.0. The van der Waals surface area contributed by atoms with Crippen LogP contribution in [0.4, 0.5) is 5.13 Å². The van der Waals surface area contributed by atoms with Crippen molar-refractivity contribution >= 4 is 34.2 Å². The molecule has 1 atom stereocenters. The number of anilines is 1. The van der Waals surface area contributed by atoms with E-state index in [2.05, 4.69) is 20.9 Å². The normalized spacial score (nSPS) is 21.9. The van der Waals surface area contributed by atoms with E-state index < -0.39 is 6.04 Å². The molecule has 1 unspecified atom stereocenters. The van der Waals surface area contributed by atoms with Crippen molar-refractivity contribution in [3.8, 4) is 0 Å². The van der Waals surface area contributed by atoms with Crippen LogP contribution in [0.5, 0.6) is 0 Å². The van der Waals surface area contributed by atoms with Gasteiger partial charge in [-0.2, -0.15) is 0 Å². The fourth-order valence-corrected chi connectivity index (χ4v) is 5.56. The molecule has 0 aliphatic carbocycles. The summed E-state index contributed by atoms with van der Waals surface area (Å²) in [6.45, 7) is 3.15. The third kappa shape index (κ3) is 4.07. The molecule has 0 spiro atoms. The molecule has 8 nitrogen and oxygen atoms in total. The number of fused-ring (bicyclic) bond motifs is 1. The third-order valence-corrected chi connectivity index (χ3v) is 7.41. The van der Waals surface area contributed by atoms with Crippen LogP contribution in [0.15, 0.2) is 24.4 Å². The van der Waals surface area contributed by atoms with Crippen LogP contribution >= 0.6 is 11.3 Å². The Labute approximate surface area is 184 Å². The van der Waals surface area contributed by atoms with Crippen LogP contribution in [0.1, 0.15) is 58.0 Å². The number of hydrogen-bond donors (Lipinski definition) is 3. The fraction of sp³-hybridized carbons (Fsp3) is 0.455. The van der Waals surface area contributed by atoms with Gasteiger partial charge in [-0.15, -0.1) is 11.3 Å². The number of hydrogen-bond acceptors (Lipinski definition) is 7. The van der Waals surface area contributed by atoms with Crippen LogP contribution in [-0.4, -0.2) is 46.7 Å². The zero-order valence-electron chi connectivity index (χ0n) is 17.1. The minimum absolute atomic E-state index is 0.143. The zero-order valence-corrected chi connectivity index (χ0v) is 18.0. The predicted octanol–water partition coefficient (Wildman–Crippen LogP) is 1.98. The first-order valence-electron chi connectivity index (χ1n) is 10.8. The number of nitrogens with one attached hydrogen (secondary N) is 3. The Morgan fingerprint density at radius 2 is 2.00 bits per heavy atom. The van der Waals surface area contributed by atoms with Crippen LogP contribution < -0.4 is 16.0 Å². The maximum Gasteiger partial charge on any atom is 0.255 e. The number of thiazole rings is 1. The van der Waals surface area contributed by atoms with Crippen molar-refractivity contribution in [1.82, 2.24) is 20.5 Å². The number of rotatable bonds is 5. The van der Waals surface area contributed by atoms with Crippen molar-refractivity contribution < 1.29 is 14.4 Å². The number of aromatic nitrogens is 1. The van der Waals surface area contributed by atoms with Crippen molar-refractivity contribution in [1.29, 1.82) is 0 Å². The highest BCUT2D eigenvalue weighted by atomic mass is 32.1. The largest absolute Gasteiger partial charge is 0.357 e. The Bertz CT molecular complexity index is 1030. The van der Waals surface area contributed by atoms with Gasteiger partial charge in [0.15, 0.2) is 5.13 Å². The molecule has 2 saturated heterocycles. The highest BCUT2D eigenvalue weighted by Crippen LogP contribution is 2.32. The Morgan fingerprint density at radius 3 is 2.81 bits per heavy atom. The molecular weight excluding hydrogens is 414 g/mol. The average molecular weight is 440 g/mol. The molecule has 1 aromatic heterocycles. The number of carbonyl (C=O) groups excluding carboxylic acids is 3. The Morgan fingerprint density at radius 1 is 1.16 bits per heavy atom. The number of benzene rings is 1. The molecule has 5 rings (SSSR count). The van der Waals surface area contributed by atoms with E-state index in [1.165, 1.54) is 4.88 Å². The molecule has 3 aliphatic rings. The van der Waals surface area contributed by atoms with Crippen LogP contribution in [0.25, 0.3) is 0 Å². The van der Waals surface area contributed by atoms with Gasteiger partial charge in [-0.3, -0.25) is 19.7 Å². The molecule has 0 saturated carbocycles. The summed E-state index contributed by atoms with van der Waals surface area (Å²) in [4.78, 5) is 43.8. The minimum atomic E-state index is -0.581. The van der Waals surface area contributed by atoms with Gasteiger partial charge < -0.3 is 15.5 Å². The molecule has 3 amide bonds. The van der Waals surface area contributed by atoms with Gasteiger partial charge in [-0.25, -0.2) is 4.98 Å². The van der Waals surface area contributed by atoms with Gasteiger partial charge in [0.05, 0.1) is 0 Å². The van der Waals surface area contributed by atoms with Crippen LogP contribution in [0.2, 0.25) is 0 Å². The second kappa shape index (κ2) is 8.39. The van der Waals surface area contributed by atoms with Crippen molar-refractivity contribution in [2.45, 2.75) is 50.7 Å². The van der Waals surface area contributed by atoms with Gasteiger partial charge >= 0.3 is 0 Å². The maximum absolute atomic E-state index is 12.8. The van der Waals surface area contributed by atoms with Gasteiger partial charge in [0.1, 0.15) is 6.04 Å². The maximum atomic E-state index is 12.8. The predicted molar refractivity (Wildman–Crippen MR) is 117 cm³/mol. The van der Waals surface area contributed by atoms with E-state index in [0.717, 1.165) is 42.2 Å². The van der Waals surface area contributed by atoms with Crippen molar-refractivity contribution in [2.24, 2.45) is 0 Å². The lowest BCUT2D eigenvalue weighted by Gasteiger charge is -2.29. The molecule has 3 aliphatic heterocycles. The van der Waals surface area contributed by atoms with Crippen molar-refractivity contribution in [3.63, 3.8) is 0 Å². The molecule has 1 aromatic carbocycles. The highest BCUT2D eigenvalue weighted by Gasteiger charge is 2.39. The lowest BCUT2D eigenvalue weighted by molar-refractivity contribution is -0.136. The second-order valence-corrected chi connectivity index (χ2v) is 9.40. The Balaban J connectivity index is 1.23. The fourth-order valence-electron chi connectivity index (χ4n) is 4.58. The van der Waals surface area contributed by atoms with Gasteiger partial charge in [0.2, 0.25) is 11.8 Å². The van der Waals surface area contributed by atoms with Gasteiger partial charge in [-0.1, -0.05) is 12.1 Å². The molecule has 2 fully saturated rings. The standard InChI is InChI=1S/C22H25N5O3S/c28-19-4-3-17(20(29)26-19)27-12-15-9-13(1-2-16(15)21(27)30)10-24-22-25-11-18(31-22)14-5-7-23-8-6-14/h1-2,9,11,14,17,23H,3-8,10,12H2,(H,24,25)(H,26,28,29). The highest BCUT2D eigenvalue weighted by molar-refractivity contribution is 7.15. The number of imide groups is 1. The van der Waals surface area contributed by atoms with E-state index in [1.54, 1.807) is 16.2 Å². The Kier molecular flexibility index (Phi) is 5.45. The summed E-state index contributed by atoms with van der Waals surface area (Å²) in [6, 6.07) is 5.22. The summed E-state index contributed by atoms with van der Waals surface area (Å²) < 4.78 is 0. The molecule has 9 heteroatoms. The molecule has 3 N–H and O–H groups in total. The van der Waals surface area contributed by atoms with E-state index in [9.17, 15) is 14.4 Å². The van der Waals surface area contributed by atoms with Crippen molar-refractivity contribution in [3.05, 3.63) is 46.0 Å². The molecular formula is C22H25N5O3S. The lowest BCUT2D eigenvalue weighted by Crippen LogP contribution is -2.52. The SMILES string of the molecule is O=C1CCC(N2Cc3cc(CNc4ncc(C5CCNCC5)s4)ccc3C2=O)C(=O)N1. The molecule has 2 aromatic rings. The first-order valence-corrected chi connectivity index (χ1v) is 11.6. The number of amides is 3. The first-order chi connectivity index (χ1) is 15.1. The number of carbonyl (C=O) groups is 3. The van der Waals surface area contributed by atoms with E-state index in [0.29, 0.717) is 31.0 Å². The molecule has 162 valence electrons. The molecule has 4 heterocycles. The summed E-state index contributed by atoms with van der Waals surface area (Å²) in [6.07, 6.45) is 4.94. The molecule has 0 bridgehead atoms. The minimum Gasteiger partial charge on any atom is -0.357 e.